The molecule has 26 heavy (non-hydrogen) atoms. The minimum Gasteiger partial charge on any atom is -0.339 e. The zero-order chi connectivity index (χ0) is 18.7. The summed E-state index contributed by atoms with van der Waals surface area (Å²) in [5.74, 6) is -0.239. The van der Waals surface area contributed by atoms with Crippen molar-refractivity contribution in [2.24, 2.45) is 0 Å². The molecule has 0 fully saturated rings. The first-order chi connectivity index (χ1) is 12.5. The number of nitrogens with one attached hydrogen (secondary N) is 3. The van der Waals surface area contributed by atoms with Gasteiger partial charge < -0.3 is 10.6 Å². The predicted octanol–water partition coefficient (Wildman–Crippen LogP) is 3.44. The molecule has 0 bridgehead atoms. The second-order valence-electron chi connectivity index (χ2n) is 6.58. The molecule has 2 aromatic carbocycles. The number of nitrogens with zero attached hydrogens (tertiary/aromatic N) is 1. The van der Waals surface area contributed by atoms with Gasteiger partial charge in [-0.25, -0.2) is 0 Å². The van der Waals surface area contributed by atoms with E-state index >= 15 is 0 Å². The number of rotatable bonds is 5. The van der Waals surface area contributed by atoms with Gasteiger partial charge >= 0.3 is 0 Å². The minimum absolute atomic E-state index is 0.279. The minimum atomic E-state index is -0.692. The third-order valence-corrected chi connectivity index (χ3v) is 4.27. The van der Waals surface area contributed by atoms with Gasteiger partial charge in [-0.3, -0.25) is 14.7 Å². The van der Waals surface area contributed by atoms with E-state index in [4.69, 9.17) is 0 Å². The van der Waals surface area contributed by atoms with Crippen LogP contribution in [-0.2, 0) is 4.79 Å². The van der Waals surface area contributed by atoms with Gasteiger partial charge in [0.1, 0.15) is 6.04 Å². The van der Waals surface area contributed by atoms with Crippen LogP contribution in [0.4, 0.5) is 5.69 Å². The van der Waals surface area contributed by atoms with E-state index < -0.39 is 6.04 Å². The van der Waals surface area contributed by atoms with E-state index in [1.807, 2.05) is 48.5 Å². The maximum absolute atomic E-state index is 12.4. The van der Waals surface area contributed by atoms with Gasteiger partial charge in [-0.2, -0.15) is 5.10 Å². The lowest BCUT2D eigenvalue weighted by molar-refractivity contribution is -0.117. The Morgan fingerprint density at radius 2 is 1.69 bits per heavy atom. The second-order valence-corrected chi connectivity index (χ2v) is 6.58. The van der Waals surface area contributed by atoms with Crippen LogP contribution >= 0.6 is 0 Å². The summed E-state index contributed by atoms with van der Waals surface area (Å²) >= 11 is 0. The van der Waals surface area contributed by atoms with Gasteiger partial charge in [-0.1, -0.05) is 44.2 Å². The van der Waals surface area contributed by atoms with Gasteiger partial charge in [0, 0.05) is 11.1 Å². The molecular weight excluding hydrogens is 328 g/mol. The van der Waals surface area contributed by atoms with Crippen molar-refractivity contribution in [3.63, 3.8) is 0 Å². The van der Waals surface area contributed by atoms with Gasteiger partial charge in [-0.15, -0.1) is 0 Å². The summed E-state index contributed by atoms with van der Waals surface area (Å²) in [7, 11) is 0. The molecule has 0 aliphatic rings. The first-order valence-corrected chi connectivity index (χ1v) is 8.60. The summed E-state index contributed by atoms with van der Waals surface area (Å²) in [6.45, 7) is 5.87. The Morgan fingerprint density at radius 3 is 2.38 bits per heavy atom. The number of para-hydroxylation sites is 1. The molecule has 0 saturated carbocycles. The zero-order valence-corrected chi connectivity index (χ0v) is 15.0. The van der Waals surface area contributed by atoms with Crippen molar-refractivity contribution in [2.75, 3.05) is 5.32 Å². The van der Waals surface area contributed by atoms with Gasteiger partial charge in [-0.05, 0) is 36.6 Å². The van der Waals surface area contributed by atoms with E-state index in [1.54, 1.807) is 6.92 Å². The Bertz CT molecular complexity index is 928. The summed E-state index contributed by atoms with van der Waals surface area (Å²) in [4.78, 5) is 24.8. The summed E-state index contributed by atoms with van der Waals surface area (Å²) in [6.07, 6.45) is 0. The number of carbonyl (C=O) groups is 2. The molecule has 0 spiro atoms. The molecule has 1 unspecified atom stereocenters. The molecule has 3 N–H and O–H groups in total. The van der Waals surface area contributed by atoms with Crippen LogP contribution in [0.1, 0.15) is 42.7 Å². The van der Waals surface area contributed by atoms with Gasteiger partial charge in [0.15, 0.2) is 5.69 Å². The monoisotopic (exact) mass is 350 g/mol. The lowest BCUT2D eigenvalue weighted by Crippen LogP contribution is -2.41. The van der Waals surface area contributed by atoms with Crippen LogP contribution in [-0.4, -0.2) is 28.1 Å². The molecule has 0 saturated heterocycles. The van der Waals surface area contributed by atoms with Crippen LogP contribution in [0.25, 0.3) is 10.9 Å². The van der Waals surface area contributed by atoms with Crippen molar-refractivity contribution in [1.29, 1.82) is 0 Å². The van der Waals surface area contributed by atoms with Gasteiger partial charge in [0.2, 0.25) is 5.91 Å². The van der Waals surface area contributed by atoms with E-state index in [0.29, 0.717) is 11.6 Å². The molecule has 1 atom stereocenters. The van der Waals surface area contributed by atoms with Crippen LogP contribution in [0.3, 0.4) is 0 Å². The van der Waals surface area contributed by atoms with Crippen LogP contribution < -0.4 is 10.6 Å². The summed E-state index contributed by atoms with van der Waals surface area (Å²) in [6, 6.07) is 14.4. The molecule has 0 aliphatic carbocycles. The molecule has 0 aliphatic heterocycles. The van der Waals surface area contributed by atoms with Gasteiger partial charge in [0.05, 0.1) is 5.52 Å². The Morgan fingerprint density at radius 1 is 1.00 bits per heavy atom. The summed E-state index contributed by atoms with van der Waals surface area (Å²) in [5.41, 5.74) is 2.96. The highest BCUT2D eigenvalue weighted by Gasteiger charge is 2.20. The standard InChI is InChI=1S/C20H22N4O2/c1-12(2)14-8-10-15(11-9-14)22-19(25)13(3)21-20(26)18-16-6-4-5-7-17(16)23-24-18/h4-13H,1-3H3,(H,21,26)(H,22,25)(H,23,24). The number of anilines is 1. The van der Waals surface area contributed by atoms with Crippen molar-refractivity contribution < 1.29 is 9.59 Å². The fraction of sp³-hybridized carbons (Fsp3) is 0.250. The maximum atomic E-state index is 12.4. The highest BCUT2D eigenvalue weighted by molar-refractivity contribution is 6.06. The molecule has 0 radical (unpaired) electrons. The molecule has 3 aromatic rings. The molecule has 6 nitrogen and oxygen atoms in total. The lowest BCUT2D eigenvalue weighted by atomic mass is 10.0. The summed E-state index contributed by atoms with van der Waals surface area (Å²) in [5, 5.41) is 13.1. The molecule has 134 valence electrons. The SMILES string of the molecule is CC(NC(=O)c1n[nH]c2ccccc12)C(=O)Nc1ccc(C(C)C)cc1. The number of aromatic nitrogens is 2. The second kappa shape index (κ2) is 7.39. The molecule has 3 rings (SSSR count). The normalized spacial score (nSPS) is 12.2. The van der Waals surface area contributed by atoms with Crippen molar-refractivity contribution in [1.82, 2.24) is 15.5 Å². The molecule has 1 heterocycles. The number of H-pyrrole nitrogens is 1. The van der Waals surface area contributed by atoms with Crippen LogP contribution in [0.15, 0.2) is 48.5 Å². The molecule has 6 heteroatoms. The number of carbonyl (C=O) groups excluding carboxylic acids is 2. The first kappa shape index (κ1) is 17.7. The molecule has 2 amide bonds. The zero-order valence-electron chi connectivity index (χ0n) is 15.0. The van der Waals surface area contributed by atoms with E-state index in [2.05, 4.69) is 34.7 Å². The Hall–Kier alpha value is -3.15. The summed E-state index contributed by atoms with van der Waals surface area (Å²) < 4.78 is 0. The number of amides is 2. The van der Waals surface area contributed by atoms with E-state index in [-0.39, 0.29) is 17.5 Å². The average molecular weight is 350 g/mol. The van der Waals surface area contributed by atoms with Crippen molar-refractivity contribution in [3.05, 3.63) is 59.8 Å². The van der Waals surface area contributed by atoms with E-state index in [9.17, 15) is 9.59 Å². The first-order valence-electron chi connectivity index (χ1n) is 8.60. The fourth-order valence-corrected chi connectivity index (χ4v) is 2.67. The number of benzene rings is 2. The predicted molar refractivity (Wildman–Crippen MR) is 102 cm³/mol. The fourth-order valence-electron chi connectivity index (χ4n) is 2.67. The van der Waals surface area contributed by atoms with Gasteiger partial charge in [0.25, 0.3) is 5.91 Å². The Kier molecular flexibility index (Phi) is 5.02. The quantitative estimate of drug-likeness (QED) is 0.659. The third-order valence-electron chi connectivity index (χ3n) is 4.27. The average Bonchev–Trinajstić information content (AvgIpc) is 3.06. The van der Waals surface area contributed by atoms with Crippen LogP contribution in [0.5, 0.6) is 0 Å². The number of hydrogen-bond donors (Lipinski definition) is 3. The van der Waals surface area contributed by atoms with Crippen molar-refractivity contribution in [3.8, 4) is 0 Å². The van der Waals surface area contributed by atoms with Crippen molar-refractivity contribution >= 4 is 28.4 Å². The smallest absolute Gasteiger partial charge is 0.273 e. The van der Waals surface area contributed by atoms with Crippen molar-refractivity contribution in [2.45, 2.75) is 32.7 Å². The number of hydrogen-bond acceptors (Lipinski definition) is 3. The number of fused-ring (bicyclic) bond motifs is 1. The third kappa shape index (κ3) is 3.74. The number of aromatic amines is 1. The van der Waals surface area contributed by atoms with Crippen LogP contribution in [0, 0.1) is 0 Å². The lowest BCUT2D eigenvalue weighted by Gasteiger charge is -2.14. The van der Waals surface area contributed by atoms with E-state index in [0.717, 1.165) is 10.9 Å². The largest absolute Gasteiger partial charge is 0.339 e. The highest BCUT2D eigenvalue weighted by atomic mass is 16.2. The molecule has 1 aromatic heterocycles. The Balaban J connectivity index is 1.64. The Labute approximate surface area is 152 Å². The molecular formula is C20H22N4O2. The van der Waals surface area contributed by atoms with E-state index in [1.165, 1.54) is 5.56 Å². The maximum Gasteiger partial charge on any atom is 0.273 e. The highest BCUT2D eigenvalue weighted by Crippen LogP contribution is 2.18. The topological polar surface area (TPSA) is 86.9 Å². The van der Waals surface area contributed by atoms with Crippen LogP contribution in [0.2, 0.25) is 0 Å².